The fourth-order valence-electron chi connectivity index (χ4n) is 9.36. The molecule has 3 aliphatic heterocycles. The maximum Gasteiger partial charge on any atom is 0.415 e. The summed E-state index contributed by atoms with van der Waals surface area (Å²) in [5.41, 5.74) is 12.9. The Balaban J connectivity index is 1.20. The number of nitrogens with two attached hydrogens (primary N) is 2. The van der Waals surface area contributed by atoms with Crippen LogP contribution in [0, 0.1) is 11.8 Å². The van der Waals surface area contributed by atoms with Gasteiger partial charge in [-0.1, -0.05) is 6.07 Å². The molecule has 3 heterocycles. The van der Waals surface area contributed by atoms with Crippen molar-refractivity contribution in [3.63, 3.8) is 0 Å². The Kier molecular flexibility index (Phi) is 11.8. The summed E-state index contributed by atoms with van der Waals surface area (Å²) in [5, 5.41) is 8.00. The van der Waals surface area contributed by atoms with Crippen molar-refractivity contribution in [1.29, 1.82) is 0 Å². The molecule has 1 aromatic rings. The number of likely N-dealkylation sites (N-methyl/N-ethyl adjacent to an activating group) is 1. The predicted molar refractivity (Wildman–Crippen MR) is 202 cm³/mol. The van der Waals surface area contributed by atoms with Gasteiger partial charge in [0.25, 0.3) is 0 Å². The standard InChI is InChI=1S/C38H55N9O8/c1-21(48)42-20-30(49)44-26(7-6-14-41-36(39)40)34(50)43-19-24-17-23(35(51)45(2)3)12-15-47(24)37(52)54-29-11-9-25-27-18-22-8-10-28(53-5)32-31(22)38(25,33(29)55-32)13-16-46(27)4/h8,10-11,23-27,33H,6-7,9,12-20H2,1-5H3,(H,42,48)(H,43,50)(H,44,49)(H4,39,40,41)/t23?,24?,25-,26-,27+,33-,38-/m0/s1. The molecule has 5 aliphatic rings. The molecule has 6 rings (SSSR count). The number of carbonyl (C=O) groups is 5. The average molecular weight is 766 g/mol. The van der Waals surface area contributed by atoms with E-state index in [1.54, 1.807) is 26.1 Å². The van der Waals surface area contributed by atoms with Gasteiger partial charge in [0.05, 0.1) is 19.7 Å². The van der Waals surface area contributed by atoms with Crippen molar-refractivity contribution in [3.05, 3.63) is 35.1 Å². The maximum absolute atomic E-state index is 14.3. The number of piperidine rings is 2. The van der Waals surface area contributed by atoms with Crippen LogP contribution in [0.4, 0.5) is 4.79 Å². The van der Waals surface area contributed by atoms with E-state index in [-0.39, 0.29) is 67.6 Å². The Hall–Kier alpha value is -5.06. The van der Waals surface area contributed by atoms with Gasteiger partial charge in [-0.25, -0.2) is 4.79 Å². The lowest BCUT2D eigenvalue weighted by atomic mass is 9.53. The zero-order valence-corrected chi connectivity index (χ0v) is 32.4. The first-order valence-corrected chi connectivity index (χ1v) is 19.1. The van der Waals surface area contributed by atoms with Crippen LogP contribution in [0.25, 0.3) is 0 Å². The molecular weight excluding hydrogens is 710 g/mol. The number of carbonyl (C=O) groups excluding carboxylic acids is 5. The van der Waals surface area contributed by atoms with Gasteiger partial charge >= 0.3 is 6.09 Å². The number of nitrogens with zero attached hydrogens (tertiary/aromatic N) is 4. The molecule has 2 bridgehead atoms. The summed E-state index contributed by atoms with van der Waals surface area (Å²) in [7, 11) is 7.19. The molecule has 2 saturated heterocycles. The third-order valence-electron chi connectivity index (χ3n) is 12.0. The van der Waals surface area contributed by atoms with E-state index in [4.69, 9.17) is 25.7 Å². The van der Waals surface area contributed by atoms with Crippen LogP contribution >= 0.6 is 0 Å². The van der Waals surface area contributed by atoms with Crippen molar-refractivity contribution in [3.8, 4) is 11.5 Å². The number of nitrogens with one attached hydrogen (secondary N) is 3. The van der Waals surface area contributed by atoms with Gasteiger partial charge in [0.2, 0.25) is 23.6 Å². The summed E-state index contributed by atoms with van der Waals surface area (Å²) in [6.07, 6.45) is 4.70. The lowest BCUT2D eigenvalue weighted by Gasteiger charge is -2.56. The molecule has 0 saturated carbocycles. The summed E-state index contributed by atoms with van der Waals surface area (Å²) in [4.78, 5) is 74.6. The maximum atomic E-state index is 14.3. The number of benzene rings is 1. The minimum Gasteiger partial charge on any atom is -0.493 e. The second-order valence-corrected chi connectivity index (χ2v) is 15.5. The zero-order chi connectivity index (χ0) is 39.6. The van der Waals surface area contributed by atoms with Gasteiger partial charge in [-0.15, -0.1) is 0 Å². The Bertz CT molecular complexity index is 1750. The summed E-state index contributed by atoms with van der Waals surface area (Å²) >= 11 is 0. The van der Waals surface area contributed by atoms with E-state index in [2.05, 4.69) is 39.0 Å². The summed E-state index contributed by atoms with van der Waals surface area (Å²) < 4.78 is 18.8. The quantitative estimate of drug-likeness (QED) is 0.102. The normalized spacial score (nSPS) is 26.6. The third kappa shape index (κ3) is 7.89. The second-order valence-electron chi connectivity index (χ2n) is 15.5. The number of guanidine groups is 1. The van der Waals surface area contributed by atoms with Crippen LogP contribution in [0.1, 0.15) is 56.6 Å². The minimum absolute atomic E-state index is 0.00210. The van der Waals surface area contributed by atoms with E-state index in [1.165, 1.54) is 23.0 Å². The number of hydrogen-bond donors (Lipinski definition) is 5. The number of likely N-dealkylation sites (tertiary alicyclic amines) is 2. The van der Waals surface area contributed by atoms with Gasteiger partial charge in [-0.3, -0.25) is 24.2 Å². The molecule has 1 aromatic carbocycles. The number of hydrogen-bond acceptors (Lipinski definition) is 10. The van der Waals surface area contributed by atoms with E-state index >= 15 is 0 Å². The third-order valence-corrected chi connectivity index (χ3v) is 12.0. The highest BCUT2D eigenvalue weighted by atomic mass is 16.6. The van der Waals surface area contributed by atoms with Crippen LogP contribution in [0.15, 0.2) is 29.0 Å². The predicted octanol–water partition coefficient (Wildman–Crippen LogP) is -0.0459. The molecule has 0 radical (unpaired) electrons. The fourth-order valence-corrected chi connectivity index (χ4v) is 9.36. The molecule has 17 nitrogen and oxygen atoms in total. The lowest BCUT2D eigenvalue weighted by molar-refractivity contribution is -0.135. The van der Waals surface area contributed by atoms with Crippen LogP contribution < -0.4 is 36.9 Å². The highest BCUT2D eigenvalue weighted by Gasteiger charge is 2.65. The second kappa shape index (κ2) is 16.4. The largest absolute Gasteiger partial charge is 0.493 e. The molecule has 55 heavy (non-hydrogen) atoms. The zero-order valence-electron chi connectivity index (χ0n) is 32.4. The monoisotopic (exact) mass is 765 g/mol. The van der Waals surface area contributed by atoms with Gasteiger partial charge in [-0.2, -0.15) is 0 Å². The van der Waals surface area contributed by atoms with Crippen LogP contribution in [0.3, 0.4) is 0 Å². The number of aliphatic imine (C=N–C) groups is 1. The number of methoxy groups -OCH3 is 1. The Morgan fingerprint density at radius 1 is 1.15 bits per heavy atom. The van der Waals surface area contributed by atoms with E-state index in [1.807, 2.05) is 12.1 Å². The topological polar surface area (TPSA) is 223 Å². The SMILES string of the molecule is COc1ccc2c3c1O[C@H]1C(OC(=O)N4CCC(C(=O)N(C)C)CC4CNC(=O)[C@H](CCCN=C(N)N)NC(=O)CNC(C)=O)=CC[C@H]4[C@@H](C2)N(C)CC[C@]314. The molecule has 2 fully saturated rings. The highest BCUT2D eigenvalue weighted by molar-refractivity contribution is 5.90. The molecule has 2 aliphatic carbocycles. The van der Waals surface area contributed by atoms with Crippen molar-refractivity contribution in [2.24, 2.45) is 28.3 Å². The molecular formula is C38H55N9O8. The Morgan fingerprint density at radius 3 is 2.64 bits per heavy atom. The first-order valence-electron chi connectivity index (χ1n) is 19.1. The van der Waals surface area contributed by atoms with Gasteiger partial charge in [0.15, 0.2) is 23.6 Å². The van der Waals surface area contributed by atoms with Crippen molar-refractivity contribution < 1.29 is 38.2 Å². The van der Waals surface area contributed by atoms with E-state index in [0.29, 0.717) is 36.8 Å². The summed E-state index contributed by atoms with van der Waals surface area (Å²) in [6.45, 7) is 2.34. The van der Waals surface area contributed by atoms with E-state index in [9.17, 15) is 24.0 Å². The fraction of sp³-hybridized carbons (Fsp3) is 0.632. The molecule has 300 valence electrons. The number of amides is 5. The van der Waals surface area contributed by atoms with Gasteiger partial charge in [-0.05, 0) is 82.2 Å². The van der Waals surface area contributed by atoms with Crippen molar-refractivity contribution in [2.75, 3.05) is 61.0 Å². The van der Waals surface area contributed by atoms with Crippen LogP contribution in [-0.4, -0.2) is 136 Å². The number of ether oxygens (including phenoxy) is 3. The molecule has 7 atom stereocenters. The Morgan fingerprint density at radius 2 is 1.93 bits per heavy atom. The molecule has 5 amide bonds. The summed E-state index contributed by atoms with van der Waals surface area (Å²) in [6, 6.07) is 2.84. The van der Waals surface area contributed by atoms with Crippen molar-refractivity contribution in [2.45, 2.75) is 81.5 Å². The Labute approximate surface area is 321 Å². The van der Waals surface area contributed by atoms with Crippen LogP contribution in [0.5, 0.6) is 11.5 Å². The van der Waals surface area contributed by atoms with Crippen LogP contribution in [-0.2, 0) is 35.8 Å². The van der Waals surface area contributed by atoms with Gasteiger partial charge in [0, 0.05) is 63.6 Å². The number of allylic oxidation sites excluding steroid dienone is 1. The van der Waals surface area contributed by atoms with Gasteiger partial charge in [0.1, 0.15) is 11.8 Å². The smallest absolute Gasteiger partial charge is 0.415 e. The average Bonchev–Trinajstić information content (AvgIpc) is 3.51. The summed E-state index contributed by atoms with van der Waals surface area (Å²) in [5.74, 6) is 0.169. The first-order chi connectivity index (χ1) is 26.2. The molecule has 17 heteroatoms. The first kappa shape index (κ1) is 39.6. The minimum atomic E-state index is -0.977. The highest BCUT2D eigenvalue weighted by Crippen LogP contribution is 2.63. The van der Waals surface area contributed by atoms with Crippen molar-refractivity contribution in [1.82, 2.24) is 30.7 Å². The molecule has 0 aromatic heterocycles. The number of rotatable bonds is 13. The van der Waals surface area contributed by atoms with E-state index < -0.39 is 36.1 Å². The molecule has 1 spiro atoms. The van der Waals surface area contributed by atoms with E-state index in [0.717, 1.165) is 31.6 Å². The molecule has 2 unspecified atom stereocenters. The van der Waals surface area contributed by atoms with Crippen LogP contribution in [0.2, 0.25) is 0 Å². The lowest BCUT2D eigenvalue weighted by Crippen LogP contribution is -2.63. The van der Waals surface area contributed by atoms with Crippen molar-refractivity contribution >= 4 is 35.7 Å². The molecule has 7 N–H and O–H groups in total. The van der Waals surface area contributed by atoms with Gasteiger partial charge < -0.3 is 56.3 Å².